The van der Waals surface area contributed by atoms with Crippen LogP contribution in [0.3, 0.4) is 0 Å². The molecular weight excluding hydrogens is 224 g/mol. The summed E-state index contributed by atoms with van der Waals surface area (Å²) in [5.41, 5.74) is 2.49. The first-order valence-electron chi connectivity index (χ1n) is 6.64. The van der Waals surface area contributed by atoms with Gasteiger partial charge in [0, 0.05) is 18.7 Å². The van der Waals surface area contributed by atoms with E-state index in [1.165, 1.54) is 5.56 Å². The van der Waals surface area contributed by atoms with Gasteiger partial charge in [-0.2, -0.15) is 0 Å². The first-order chi connectivity index (χ1) is 8.52. The van der Waals surface area contributed by atoms with Crippen molar-refractivity contribution in [3.63, 3.8) is 0 Å². The number of amides is 1. The molecule has 1 aromatic rings. The molecule has 0 saturated carbocycles. The van der Waals surface area contributed by atoms with Crippen molar-refractivity contribution in [2.45, 2.75) is 39.7 Å². The van der Waals surface area contributed by atoms with E-state index in [2.05, 4.69) is 37.5 Å². The molecule has 1 heterocycles. The summed E-state index contributed by atoms with van der Waals surface area (Å²) in [5.74, 6) is 0.104. The van der Waals surface area contributed by atoms with Gasteiger partial charge in [-0.15, -0.1) is 0 Å². The number of para-hydroxylation sites is 1. The molecule has 18 heavy (non-hydrogen) atoms. The molecule has 2 rings (SSSR count). The van der Waals surface area contributed by atoms with Crippen LogP contribution in [0.1, 0.15) is 32.8 Å². The fourth-order valence-electron chi connectivity index (χ4n) is 2.03. The molecule has 2 N–H and O–H groups in total. The van der Waals surface area contributed by atoms with Crippen molar-refractivity contribution >= 4 is 11.6 Å². The largest absolute Gasteiger partial charge is 0.373 e. The maximum atomic E-state index is 12.1. The minimum absolute atomic E-state index is 0.104. The van der Waals surface area contributed by atoms with Gasteiger partial charge in [-0.05, 0) is 23.5 Å². The number of carbonyl (C=O) groups excluding carboxylic acids is 1. The van der Waals surface area contributed by atoms with Gasteiger partial charge in [0.1, 0.15) is 6.04 Å². The third-order valence-corrected chi connectivity index (χ3v) is 3.79. The summed E-state index contributed by atoms with van der Waals surface area (Å²) < 4.78 is 0. The van der Waals surface area contributed by atoms with Gasteiger partial charge in [0.05, 0.1) is 0 Å². The van der Waals surface area contributed by atoms with E-state index in [9.17, 15) is 4.79 Å². The molecule has 1 aliphatic rings. The number of hydrogen-bond donors (Lipinski definition) is 2. The lowest BCUT2D eigenvalue weighted by atomic mass is 9.90. The van der Waals surface area contributed by atoms with Gasteiger partial charge < -0.3 is 10.6 Å². The van der Waals surface area contributed by atoms with Crippen LogP contribution in [0.2, 0.25) is 0 Å². The highest BCUT2D eigenvalue weighted by Crippen LogP contribution is 2.25. The van der Waals surface area contributed by atoms with Crippen molar-refractivity contribution < 1.29 is 4.79 Å². The Morgan fingerprint density at radius 2 is 2.17 bits per heavy atom. The summed E-state index contributed by atoms with van der Waals surface area (Å²) >= 11 is 0. The maximum Gasteiger partial charge on any atom is 0.242 e. The second-order valence-corrected chi connectivity index (χ2v) is 5.79. The van der Waals surface area contributed by atoms with Gasteiger partial charge in [-0.25, -0.2) is 0 Å². The summed E-state index contributed by atoms with van der Waals surface area (Å²) in [6, 6.07) is 7.99. The monoisotopic (exact) mass is 246 g/mol. The van der Waals surface area contributed by atoms with Gasteiger partial charge in [-0.1, -0.05) is 39.0 Å². The van der Waals surface area contributed by atoms with Crippen LogP contribution < -0.4 is 10.6 Å². The third-order valence-electron chi connectivity index (χ3n) is 3.79. The molecule has 0 aromatic heterocycles. The average Bonchev–Trinajstić information content (AvgIpc) is 2.80. The Labute approximate surface area is 109 Å². The summed E-state index contributed by atoms with van der Waals surface area (Å²) in [6.07, 6.45) is 1.85. The number of hydrogen-bond acceptors (Lipinski definition) is 2. The predicted molar refractivity (Wildman–Crippen MR) is 74.6 cm³/mol. The molecule has 1 aromatic carbocycles. The van der Waals surface area contributed by atoms with Crippen molar-refractivity contribution in [3.8, 4) is 0 Å². The van der Waals surface area contributed by atoms with Crippen LogP contribution in [-0.2, 0) is 11.2 Å². The third kappa shape index (κ3) is 2.84. The number of anilines is 1. The smallest absolute Gasteiger partial charge is 0.242 e. The van der Waals surface area contributed by atoms with E-state index in [0.717, 1.165) is 25.1 Å². The van der Waals surface area contributed by atoms with Crippen LogP contribution in [0, 0.1) is 5.41 Å². The van der Waals surface area contributed by atoms with Crippen molar-refractivity contribution in [2.75, 3.05) is 11.9 Å². The number of rotatable bonds is 4. The van der Waals surface area contributed by atoms with Gasteiger partial charge in [0.2, 0.25) is 5.91 Å². The first kappa shape index (κ1) is 12.9. The molecule has 1 atom stereocenters. The van der Waals surface area contributed by atoms with Crippen molar-refractivity contribution in [3.05, 3.63) is 29.8 Å². The Bertz CT molecular complexity index is 415. The minimum atomic E-state index is -0.116. The predicted octanol–water partition coefficient (Wildman–Crippen LogP) is 2.58. The fourth-order valence-corrected chi connectivity index (χ4v) is 2.03. The Morgan fingerprint density at radius 1 is 1.44 bits per heavy atom. The lowest BCUT2D eigenvalue weighted by Gasteiger charge is -2.24. The highest BCUT2D eigenvalue weighted by Gasteiger charge is 2.27. The summed E-state index contributed by atoms with van der Waals surface area (Å²) in [6.45, 7) is 7.22. The second kappa shape index (κ2) is 5.01. The molecule has 0 bridgehead atoms. The van der Waals surface area contributed by atoms with Crippen LogP contribution >= 0.6 is 0 Å². The Balaban J connectivity index is 1.90. The molecular formula is C15H22N2O. The fraction of sp³-hybridized carbons (Fsp3) is 0.533. The molecule has 1 amide bonds. The molecule has 1 aliphatic heterocycles. The van der Waals surface area contributed by atoms with E-state index in [4.69, 9.17) is 0 Å². The summed E-state index contributed by atoms with van der Waals surface area (Å²) in [5, 5.41) is 6.33. The van der Waals surface area contributed by atoms with E-state index < -0.39 is 0 Å². The Kier molecular flexibility index (Phi) is 3.60. The molecule has 0 fully saturated rings. The molecule has 98 valence electrons. The van der Waals surface area contributed by atoms with Gasteiger partial charge in [0.25, 0.3) is 0 Å². The van der Waals surface area contributed by atoms with Gasteiger partial charge in [-0.3, -0.25) is 4.79 Å². The highest BCUT2D eigenvalue weighted by atomic mass is 16.2. The van der Waals surface area contributed by atoms with Crippen molar-refractivity contribution in [1.29, 1.82) is 0 Å². The number of fused-ring (bicyclic) bond motifs is 1. The Hall–Kier alpha value is -1.51. The number of carbonyl (C=O) groups is 1. The highest BCUT2D eigenvalue weighted by molar-refractivity contribution is 5.87. The summed E-state index contributed by atoms with van der Waals surface area (Å²) in [7, 11) is 0. The normalized spacial score (nSPS) is 18.1. The zero-order chi connectivity index (χ0) is 13.2. The molecule has 1 unspecified atom stereocenters. The van der Waals surface area contributed by atoms with Crippen LogP contribution in [0.4, 0.5) is 5.69 Å². The van der Waals surface area contributed by atoms with Gasteiger partial charge in [0.15, 0.2) is 0 Å². The molecule has 0 radical (unpaired) electrons. The van der Waals surface area contributed by atoms with E-state index in [-0.39, 0.29) is 17.4 Å². The molecule has 0 aliphatic carbocycles. The number of benzene rings is 1. The van der Waals surface area contributed by atoms with Crippen LogP contribution in [-0.4, -0.2) is 18.5 Å². The Morgan fingerprint density at radius 3 is 2.83 bits per heavy atom. The lowest BCUT2D eigenvalue weighted by molar-refractivity contribution is -0.122. The first-order valence-corrected chi connectivity index (χ1v) is 6.64. The standard InChI is InChI=1S/C15H22N2O/c1-4-15(2,3)10-16-14(18)13-9-11-7-5-6-8-12(11)17-13/h5-8,13,17H,4,9-10H2,1-3H3,(H,16,18). The van der Waals surface area contributed by atoms with E-state index in [1.54, 1.807) is 0 Å². The number of nitrogens with one attached hydrogen (secondary N) is 2. The second-order valence-electron chi connectivity index (χ2n) is 5.79. The molecule has 0 saturated heterocycles. The van der Waals surface area contributed by atoms with Crippen LogP contribution in [0.15, 0.2) is 24.3 Å². The van der Waals surface area contributed by atoms with E-state index >= 15 is 0 Å². The average molecular weight is 246 g/mol. The topological polar surface area (TPSA) is 41.1 Å². The quantitative estimate of drug-likeness (QED) is 0.857. The molecule has 0 spiro atoms. The van der Waals surface area contributed by atoms with E-state index in [0.29, 0.717) is 0 Å². The van der Waals surface area contributed by atoms with Crippen LogP contribution in [0.5, 0.6) is 0 Å². The van der Waals surface area contributed by atoms with Crippen LogP contribution in [0.25, 0.3) is 0 Å². The lowest BCUT2D eigenvalue weighted by Crippen LogP contribution is -2.42. The molecule has 3 heteroatoms. The zero-order valence-corrected chi connectivity index (χ0v) is 11.4. The maximum absolute atomic E-state index is 12.1. The molecule has 3 nitrogen and oxygen atoms in total. The minimum Gasteiger partial charge on any atom is -0.373 e. The summed E-state index contributed by atoms with van der Waals surface area (Å²) in [4.78, 5) is 12.1. The van der Waals surface area contributed by atoms with Crippen molar-refractivity contribution in [1.82, 2.24) is 5.32 Å². The van der Waals surface area contributed by atoms with Crippen molar-refractivity contribution in [2.24, 2.45) is 5.41 Å². The van der Waals surface area contributed by atoms with Gasteiger partial charge >= 0.3 is 0 Å². The van der Waals surface area contributed by atoms with E-state index in [1.807, 2.05) is 18.2 Å². The SMILES string of the molecule is CCC(C)(C)CNC(=O)C1Cc2ccccc2N1. The zero-order valence-electron chi connectivity index (χ0n) is 11.4.